The van der Waals surface area contributed by atoms with E-state index in [4.69, 9.17) is 20.3 Å². The fourth-order valence-electron chi connectivity index (χ4n) is 2.99. The van der Waals surface area contributed by atoms with Crippen LogP contribution in [0.3, 0.4) is 0 Å². The molecule has 3 rings (SSSR count). The number of nitrogens with zero attached hydrogens (tertiary/aromatic N) is 2. The quantitative estimate of drug-likeness (QED) is 0.404. The summed E-state index contributed by atoms with van der Waals surface area (Å²) in [7, 11) is 5.02. The van der Waals surface area contributed by atoms with Crippen LogP contribution in [0.2, 0.25) is 0 Å². The van der Waals surface area contributed by atoms with Gasteiger partial charge in [0.1, 0.15) is 29.6 Å². The van der Waals surface area contributed by atoms with Crippen molar-refractivity contribution in [3.63, 3.8) is 0 Å². The van der Waals surface area contributed by atoms with E-state index in [0.29, 0.717) is 18.1 Å². The highest BCUT2D eigenvalue weighted by atomic mass is 19.4. The maximum absolute atomic E-state index is 13.6. The number of alkyl halides is 3. The zero-order valence-corrected chi connectivity index (χ0v) is 17.1. The summed E-state index contributed by atoms with van der Waals surface area (Å²) >= 11 is 0. The van der Waals surface area contributed by atoms with Crippen LogP contribution in [0.1, 0.15) is 27.6 Å². The van der Waals surface area contributed by atoms with E-state index < -0.39 is 23.6 Å². The van der Waals surface area contributed by atoms with E-state index in [1.807, 2.05) is 19.0 Å². The second-order valence-corrected chi connectivity index (χ2v) is 7.26. The van der Waals surface area contributed by atoms with Crippen molar-refractivity contribution in [2.45, 2.75) is 19.3 Å². The Morgan fingerprint density at radius 2 is 1.87 bits per heavy atom. The highest BCUT2D eigenvalue weighted by Gasteiger charge is 2.34. The summed E-state index contributed by atoms with van der Waals surface area (Å²) in [5.74, 6) is -0.127. The summed E-state index contributed by atoms with van der Waals surface area (Å²) in [5, 5.41) is 7.13. The number of nitrogens with one attached hydrogen (secondary N) is 2. The van der Waals surface area contributed by atoms with Gasteiger partial charge in [-0.15, -0.1) is 0 Å². The van der Waals surface area contributed by atoms with Crippen molar-refractivity contribution in [3.8, 4) is 5.75 Å². The van der Waals surface area contributed by atoms with Crippen LogP contribution >= 0.6 is 0 Å². The Balaban J connectivity index is 1.91. The molecule has 2 heterocycles. The minimum Gasteiger partial charge on any atom is -0.486 e. The van der Waals surface area contributed by atoms with Crippen molar-refractivity contribution in [2.75, 3.05) is 21.1 Å². The lowest BCUT2D eigenvalue weighted by atomic mass is 10.1. The van der Waals surface area contributed by atoms with Gasteiger partial charge in [0.25, 0.3) is 5.91 Å². The number of amides is 1. The first-order chi connectivity index (χ1) is 14.5. The smallest absolute Gasteiger partial charge is 0.417 e. The third-order valence-electron chi connectivity index (χ3n) is 4.48. The molecule has 0 unspecified atom stereocenters. The van der Waals surface area contributed by atoms with E-state index in [1.54, 1.807) is 12.1 Å². The maximum atomic E-state index is 13.6. The van der Waals surface area contributed by atoms with Crippen LogP contribution in [0.15, 0.2) is 34.7 Å². The van der Waals surface area contributed by atoms with Crippen molar-refractivity contribution < 1.29 is 27.1 Å². The van der Waals surface area contributed by atoms with E-state index in [1.165, 1.54) is 13.1 Å². The molecule has 8 nitrogen and oxygen atoms in total. The molecule has 4 N–H and O–H groups in total. The molecule has 2 aromatic heterocycles. The molecule has 11 heteroatoms. The molecular formula is C20H22F3N5O3. The molecular weight excluding hydrogens is 415 g/mol. The van der Waals surface area contributed by atoms with Gasteiger partial charge in [-0.3, -0.25) is 15.1 Å². The van der Waals surface area contributed by atoms with Crippen molar-refractivity contribution in [1.29, 1.82) is 5.41 Å². The second-order valence-electron chi connectivity index (χ2n) is 7.26. The van der Waals surface area contributed by atoms with Gasteiger partial charge in [0.2, 0.25) is 0 Å². The van der Waals surface area contributed by atoms with Crippen molar-refractivity contribution >= 4 is 22.8 Å². The topological polar surface area (TPSA) is 112 Å². The second kappa shape index (κ2) is 8.34. The van der Waals surface area contributed by atoms with Crippen LogP contribution in [-0.2, 0) is 19.3 Å². The summed E-state index contributed by atoms with van der Waals surface area (Å²) in [6.07, 6.45) is -4.67. The Bertz CT molecular complexity index is 1120. The van der Waals surface area contributed by atoms with Crippen LogP contribution in [0.25, 0.3) is 10.9 Å². The number of aromatic nitrogens is 1. The minimum atomic E-state index is -4.67. The number of rotatable bonds is 6. The largest absolute Gasteiger partial charge is 0.486 e. The summed E-state index contributed by atoms with van der Waals surface area (Å²) in [5.41, 5.74) is 4.26. The Morgan fingerprint density at radius 1 is 1.19 bits per heavy atom. The summed E-state index contributed by atoms with van der Waals surface area (Å²) in [6.45, 7) is 0.522. The average molecular weight is 437 g/mol. The van der Waals surface area contributed by atoms with Crippen LogP contribution in [0.5, 0.6) is 5.75 Å². The third-order valence-corrected chi connectivity index (χ3v) is 4.48. The fourth-order valence-corrected chi connectivity index (χ4v) is 2.99. The summed E-state index contributed by atoms with van der Waals surface area (Å²) in [6, 6.07) is 6.81. The first-order valence-electron chi connectivity index (χ1n) is 9.17. The lowest BCUT2D eigenvalue weighted by Crippen LogP contribution is -2.38. The number of hydrogen-bond donors (Lipinski definition) is 3. The predicted molar refractivity (Wildman–Crippen MR) is 108 cm³/mol. The molecule has 0 spiro atoms. The molecule has 0 saturated heterocycles. The zero-order chi connectivity index (χ0) is 22.9. The molecule has 0 aliphatic rings. The minimum absolute atomic E-state index is 0.0360. The first kappa shape index (κ1) is 22.2. The van der Waals surface area contributed by atoms with E-state index in [-0.39, 0.29) is 29.0 Å². The molecule has 166 valence electrons. The van der Waals surface area contributed by atoms with Gasteiger partial charge in [-0.25, -0.2) is 0 Å². The van der Waals surface area contributed by atoms with Gasteiger partial charge in [0, 0.05) is 18.5 Å². The number of nitrogens with two attached hydrogens (primary N) is 1. The predicted octanol–water partition coefficient (Wildman–Crippen LogP) is 3.39. The number of H-pyrrole nitrogens is 1. The van der Waals surface area contributed by atoms with Gasteiger partial charge in [-0.2, -0.15) is 13.2 Å². The third kappa shape index (κ3) is 5.00. The molecule has 1 aromatic carbocycles. The van der Waals surface area contributed by atoms with E-state index in [9.17, 15) is 18.0 Å². The molecule has 31 heavy (non-hydrogen) atoms. The fraction of sp³-hybridized carbons (Fsp3) is 0.300. The number of aromatic amines is 1. The standard InChI is InChI=1S/C20H22F3N5O3/c1-27(2)9-11-4-5-12(31-11)10-30-13-6-15(20(21,22)23)14-8-17(26-16(14)7-13)18(29)28(3)19(24)25/h4-8,26H,9-10H2,1-3H3,(H3,24,25). The van der Waals surface area contributed by atoms with Crippen LogP contribution in [-0.4, -0.2) is 47.8 Å². The highest BCUT2D eigenvalue weighted by Crippen LogP contribution is 2.38. The van der Waals surface area contributed by atoms with E-state index in [2.05, 4.69) is 4.98 Å². The Labute approximate surface area is 175 Å². The maximum Gasteiger partial charge on any atom is 0.417 e. The molecule has 0 bridgehead atoms. The van der Waals surface area contributed by atoms with Gasteiger partial charge in [-0.1, -0.05) is 0 Å². The van der Waals surface area contributed by atoms with Gasteiger partial charge in [0.15, 0.2) is 5.96 Å². The van der Waals surface area contributed by atoms with Crippen molar-refractivity contribution in [2.24, 2.45) is 5.73 Å². The SMILES string of the molecule is CN(C)Cc1ccc(COc2cc(C(F)(F)F)c3cc(C(=O)N(C)C(=N)N)[nH]c3c2)o1. The van der Waals surface area contributed by atoms with Gasteiger partial charge < -0.3 is 24.8 Å². The number of benzene rings is 1. The Morgan fingerprint density at radius 3 is 2.48 bits per heavy atom. The van der Waals surface area contributed by atoms with Gasteiger partial charge in [0.05, 0.1) is 17.6 Å². The average Bonchev–Trinajstić information content (AvgIpc) is 3.29. The van der Waals surface area contributed by atoms with Crippen LogP contribution in [0.4, 0.5) is 13.2 Å². The highest BCUT2D eigenvalue weighted by molar-refractivity contribution is 6.06. The number of carbonyl (C=O) groups excluding carboxylic acids is 1. The number of guanidine groups is 1. The molecule has 0 fully saturated rings. The molecule has 0 aliphatic carbocycles. The van der Waals surface area contributed by atoms with E-state index in [0.717, 1.165) is 17.0 Å². The molecule has 0 aliphatic heterocycles. The van der Waals surface area contributed by atoms with E-state index >= 15 is 0 Å². The number of fused-ring (bicyclic) bond motifs is 1. The lowest BCUT2D eigenvalue weighted by molar-refractivity contribution is -0.136. The summed E-state index contributed by atoms with van der Waals surface area (Å²) in [4.78, 5) is 17.7. The first-order valence-corrected chi connectivity index (χ1v) is 9.17. The normalized spacial score (nSPS) is 11.8. The van der Waals surface area contributed by atoms with Crippen molar-refractivity contribution in [1.82, 2.24) is 14.8 Å². The Hall–Kier alpha value is -3.47. The van der Waals surface area contributed by atoms with Gasteiger partial charge in [-0.05, 0) is 38.4 Å². The number of carbonyl (C=O) groups is 1. The monoisotopic (exact) mass is 437 g/mol. The number of furan rings is 1. The molecule has 3 aromatic rings. The number of halogens is 3. The van der Waals surface area contributed by atoms with Crippen molar-refractivity contribution in [3.05, 3.63) is 53.1 Å². The molecule has 0 atom stereocenters. The number of ether oxygens (including phenoxy) is 1. The lowest BCUT2D eigenvalue weighted by Gasteiger charge is -2.12. The summed E-state index contributed by atoms with van der Waals surface area (Å²) < 4.78 is 52.1. The molecule has 0 saturated carbocycles. The number of hydrogen-bond acceptors (Lipinski definition) is 5. The molecule has 0 radical (unpaired) electrons. The Kier molecular flexibility index (Phi) is 5.98. The van der Waals surface area contributed by atoms with Gasteiger partial charge >= 0.3 is 6.18 Å². The van der Waals surface area contributed by atoms with Crippen LogP contribution < -0.4 is 10.5 Å². The molecule has 1 amide bonds. The zero-order valence-electron chi connectivity index (χ0n) is 17.1. The van der Waals surface area contributed by atoms with Crippen LogP contribution in [0, 0.1) is 5.41 Å².